The third-order valence-corrected chi connectivity index (χ3v) is 5.67. The average Bonchev–Trinajstić information content (AvgIpc) is 2.99. The Kier molecular flexibility index (Phi) is 4.02. The largest absolute Gasteiger partial charge is 0.481 e. The molecule has 1 fully saturated rings. The molecule has 2 aromatic heterocycles. The fourth-order valence-corrected chi connectivity index (χ4v) is 4.32. The molecule has 2 aromatic rings. The molecule has 4 nitrogen and oxygen atoms in total. The lowest BCUT2D eigenvalue weighted by molar-refractivity contribution is -0.145. The van der Waals surface area contributed by atoms with Crippen molar-refractivity contribution in [3.63, 3.8) is 0 Å². The molecule has 1 aliphatic rings. The number of hydrogen-bond donors (Lipinski definition) is 1. The molecule has 0 bridgehead atoms. The highest BCUT2D eigenvalue weighted by Crippen LogP contribution is 2.39. The molecule has 1 aliphatic carbocycles. The van der Waals surface area contributed by atoms with Gasteiger partial charge in [0.2, 0.25) is 0 Å². The summed E-state index contributed by atoms with van der Waals surface area (Å²) < 4.78 is 2.03. The molecule has 0 spiro atoms. The molecule has 0 radical (unpaired) electrons. The number of rotatable bonds is 4. The quantitative estimate of drug-likeness (QED) is 0.937. The zero-order valence-corrected chi connectivity index (χ0v) is 13.3. The monoisotopic (exact) mass is 306 g/mol. The number of thiazole rings is 1. The van der Waals surface area contributed by atoms with Crippen LogP contribution >= 0.6 is 11.3 Å². The van der Waals surface area contributed by atoms with Crippen LogP contribution in [0.5, 0.6) is 0 Å². The van der Waals surface area contributed by atoms with Gasteiger partial charge in [-0.3, -0.25) is 9.20 Å². The van der Waals surface area contributed by atoms with E-state index in [1.807, 2.05) is 22.2 Å². The Balaban J connectivity index is 1.78. The summed E-state index contributed by atoms with van der Waals surface area (Å²) in [5, 5.41) is 11.5. The summed E-state index contributed by atoms with van der Waals surface area (Å²) in [7, 11) is 0. The van der Waals surface area contributed by atoms with Gasteiger partial charge in [0.05, 0.1) is 11.6 Å². The normalized spacial score (nSPS) is 26.5. The number of carboxylic acid groups (broad SMARTS) is 1. The van der Waals surface area contributed by atoms with Gasteiger partial charge in [-0.1, -0.05) is 13.8 Å². The van der Waals surface area contributed by atoms with Gasteiger partial charge in [-0.25, -0.2) is 4.98 Å². The number of imidazole rings is 1. The maximum absolute atomic E-state index is 11.5. The van der Waals surface area contributed by atoms with Gasteiger partial charge in [-0.15, -0.1) is 11.3 Å². The molecule has 3 rings (SSSR count). The Morgan fingerprint density at radius 1 is 1.52 bits per heavy atom. The Hall–Kier alpha value is -1.36. The maximum Gasteiger partial charge on any atom is 0.306 e. The summed E-state index contributed by atoms with van der Waals surface area (Å²) in [6, 6.07) is 0. The van der Waals surface area contributed by atoms with E-state index >= 15 is 0 Å². The van der Waals surface area contributed by atoms with Gasteiger partial charge in [-0.2, -0.15) is 0 Å². The fraction of sp³-hybridized carbons (Fsp3) is 0.625. The van der Waals surface area contributed by atoms with Crippen LogP contribution in [0, 0.1) is 23.7 Å². The smallest absolute Gasteiger partial charge is 0.306 e. The summed E-state index contributed by atoms with van der Waals surface area (Å²) in [4.78, 5) is 17.1. The van der Waals surface area contributed by atoms with Crippen molar-refractivity contribution in [1.82, 2.24) is 9.38 Å². The van der Waals surface area contributed by atoms with E-state index in [2.05, 4.69) is 18.8 Å². The SMILES string of the molecule is CC(C)C1CCC(C(=O)O)C(Cc2cn3ccsc3n2)C1. The van der Waals surface area contributed by atoms with Crippen molar-refractivity contribution in [2.45, 2.75) is 39.5 Å². The van der Waals surface area contributed by atoms with Crippen LogP contribution in [0.2, 0.25) is 0 Å². The highest BCUT2D eigenvalue weighted by molar-refractivity contribution is 7.15. The fourth-order valence-electron chi connectivity index (χ4n) is 3.60. The van der Waals surface area contributed by atoms with Gasteiger partial charge in [0, 0.05) is 17.8 Å². The lowest BCUT2D eigenvalue weighted by Gasteiger charge is -2.35. The molecule has 21 heavy (non-hydrogen) atoms. The van der Waals surface area contributed by atoms with E-state index in [1.54, 1.807) is 11.3 Å². The van der Waals surface area contributed by atoms with E-state index in [4.69, 9.17) is 0 Å². The Morgan fingerprint density at radius 3 is 3.00 bits per heavy atom. The van der Waals surface area contributed by atoms with Crippen LogP contribution < -0.4 is 0 Å². The topological polar surface area (TPSA) is 54.6 Å². The summed E-state index contributed by atoms with van der Waals surface area (Å²) in [6.07, 6.45) is 7.70. The number of fused-ring (bicyclic) bond motifs is 1. The number of carboxylic acids is 1. The van der Waals surface area contributed by atoms with Crippen molar-refractivity contribution in [2.24, 2.45) is 23.7 Å². The summed E-state index contributed by atoms with van der Waals surface area (Å²) >= 11 is 1.62. The molecule has 3 atom stereocenters. The number of aromatic nitrogens is 2. The Morgan fingerprint density at radius 2 is 2.33 bits per heavy atom. The number of carbonyl (C=O) groups is 1. The van der Waals surface area contributed by atoms with Crippen LogP contribution in [0.4, 0.5) is 0 Å². The molecule has 3 unspecified atom stereocenters. The molecule has 5 heteroatoms. The van der Waals surface area contributed by atoms with Gasteiger partial charge in [0.25, 0.3) is 0 Å². The minimum absolute atomic E-state index is 0.209. The van der Waals surface area contributed by atoms with Crippen LogP contribution in [0.1, 0.15) is 38.8 Å². The molecule has 2 heterocycles. The third kappa shape index (κ3) is 2.98. The first kappa shape index (κ1) is 14.6. The lowest BCUT2D eigenvalue weighted by atomic mass is 9.69. The second-order valence-corrected chi connectivity index (χ2v) is 7.42. The predicted molar refractivity (Wildman–Crippen MR) is 83.6 cm³/mol. The van der Waals surface area contributed by atoms with Crippen molar-refractivity contribution in [2.75, 3.05) is 0 Å². The molecule has 1 N–H and O–H groups in total. The van der Waals surface area contributed by atoms with Crippen LogP contribution in [0.15, 0.2) is 17.8 Å². The lowest BCUT2D eigenvalue weighted by Crippen LogP contribution is -2.33. The Bertz CT molecular complexity index is 603. The zero-order valence-electron chi connectivity index (χ0n) is 12.5. The van der Waals surface area contributed by atoms with Crippen molar-refractivity contribution in [3.8, 4) is 0 Å². The summed E-state index contributed by atoms with van der Waals surface area (Å²) in [5.41, 5.74) is 1.03. The van der Waals surface area contributed by atoms with Crippen molar-refractivity contribution in [3.05, 3.63) is 23.5 Å². The molecule has 0 amide bonds. The zero-order chi connectivity index (χ0) is 15.0. The Labute approximate surface area is 128 Å². The third-order valence-electron chi connectivity index (χ3n) is 4.90. The van der Waals surface area contributed by atoms with Gasteiger partial charge < -0.3 is 5.11 Å². The highest BCUT2D eigenvalue weighted by atomic mass is 32.1. The number of aliphatic carboxylic acids is 1. The van der Waals surface area contributed by atoms with Crippen LogP contribution in [0.3, 0.4) is 0 Å². The predicted octanol–water partition coefficient (Wildman–Crippen LogP) is 3.71. The second-order valence-electron chi connectivity index (χ2n) is 6.55. The standard InChI is InChI=1S/C16H22N2O2S/c1-10(2)11-3-4-14(15(19)20)12(7-11)8-13-9-18-5-6-21-16(18)17-13/h5-6,9-12,14H,3-4,7-8H2,1-2H3,(H,19,20). The molecular formula is C16H22N2O2S. The maximum atomic E-state index is 11.5. The van der Waals surface area contributed by atoms with Gasteiger partial charge in [0.15, 0.2) is 4.96 Å². The van der Waals surface area contributed by atoms with E-state index in [0.717, 1.165) is 36.3 Å². The van der Waals surface area contributed by atoms with Gasteiger partial charge >= 0.3 is 5.97 Å². The van der Waals surface area contributed by atoms with E-state index in [1.165, 1.54) is 0 Å². The minimum atomic E-state index is -0.636. The highest BCUT2D eigenvalue weighted by Gasteiger charge is 2.36. The second kappa shape index (κ2) is 5.79. The molecule has 1 saturated carbocycles. The molecular weight excluding hydrogens is 284 g/mol. The summed E-state index contributed by atoms with van der Waals surface area (Å²) in [6.45, 7) is 4.49. The molecule has 114 valence electrons. The van der Waals surface area contributed by atoms with Crippen LogP contribution in [-0.4, -0.2) is 20.5 Å². The van der Waals surface area contributed by atoms with Crippen molar-refractivity contribution in [1.29, 1.82) is 0 Å². The van der Waals surface area contributed by atoms with Gasteiger partial charge in [-0.05, 0) is 43.4 Å². The molecule has 0 aliphatic heterocycles. The van der Waals surface area contributed by atoms with Crippen molar-refractivity contribution >= 4 is 22.3 Å². The summed E-state index contributed by atoms with van der Waals surface area (Å²) in [5.74, 6) is 0.651. The van der Waals surface area contributed by atoms with E-state index in [0.29, 0.717) is 11.8 Å². The number of nitrogens with zero attached hydrogens (tertiary/aromatic N) is 2. The first-order chi connectivity index (χ1) is 10.0. The molecule has 0 aromatic carbocycles. The van der Waals surface area contributed by atoms with Crippen molar-refractivity contribution < 1.29 is 9.90 Å². The minimum Gasteiger partial charge on any atom is -0.481 e. The average molecular weight is 306 g/mol. The van der Waals surface area contributed by atoms with E-state index in [9.17, 15) is 9.90 Å². The first-order valence-electron chi connectivity index (χ1n) is 7.68. The van der Waals surface area contributed by atoms with E-state index in [-0.39, 0.29) is 11.8 Å². The van der Waals surface area contributed by atoms with Crippen LogP contribution in [0.25, 0.3) is 4.96 Å². The van der Waals surface area contributed by atoms with Gasteiger partial charge in [0.1, 0.15) is 0 Å². The molecule has 0 saturated heterocycles. The number of hydrogen-bond acceptors (Lipinski definition) is 3. The first-order valence-corrected chi connectivity index (χ1v) is 8.56. The van der Waals surface area contributed by atoms with Crippen LogP contribution in [-0.2, 0) is 11.2 Å². The van der Waals surface area contributed by atoms with E-state index < -0.39 is 5.97 Å².